The van der Waals surface area contributed by atoms with E-state index in [0.29, 0.717) is 5.75 Å². The summed E-state index contributed by atoms with van der Waals surface area (Å²) in [6.07, 6.45) is 2.27. The lowest BCUT2D eigenvalue weighted by molar-refractivity contribution is 0.102. The molecule has 1 heterocycles. The van der Waals surface area contributed by atoms with E-state index in [-0.39, 0.29) is 5.78 Å². The zero-order chi connectivity index (χ0) is 15.1. The van der Waals surface area contributed by atoms with Crippen LogP contribution in [0.4, 0.5) is 5.13 Å². The molecule has 1 aromatic carbocycles. The summed E-state index contributed by atoms with van der Waals surface area (Å²) in [5.41, 5.74) is 1.91. The lowest BCUT2D eigenvalue weighted by atomic mass is 10.1. The molecule has 0 aliphatic carbocycles. The van der Waals surface area contributed by atoms with Crippen LogP contribution in [0.2, 0.25) is 0 Å². The molecule has 1 aromatic heterocycles. The number of anilines is 1. The molecule has 0 amide bonds. The summed E-state index contributed by atoms with van der Waals surface area (Å²) < 4.78 is 0.828. The van der Waals surface area contributed by atoms with Crippen LogP contribution in [-0.4, -0.2) is 28.3 Å². The van der Waals surface area contributed by atoms with Crippen LogP contribution in [0, 0.1) is 6.92 Å². The molecule has 2 rings (SSSR count). The van der Waals surface area contributed by atoms with Crippen molar-refractivity contribution in [3.8, 4) is 0 Å². The number of nitrogens with zero attached hydrogens (tertiary/aromatic N) is 2. The lowest BCUT2D eigenvalue weighted by Gasteiger charge is -2.00. The van der Waals surface area contributed by atoms with Crippen LogP contribution in [0.3, 0.4) is 0 Å². The molecule has 0 saturated carbocycles. The van der Waals surface area contributed by atoms with E-state index in [0.717, 1.165) is 40.0 Å². The fourth-order valence-corrected chi connectivity index (χ4v) is 3.33. The molecule has 0 saturated heterocycles. The van der Waals surface area contributed by atoms with E-state index >= 15 is 0 Å². The van der Waals surface area contributed by atoms with Gasteiger partial charge in [-0.25, -0.2) is 0 Å². The highest BCUT2D eigenvalue weighted by Gasteiger charge is 2.09. The van der Waals surface area contributed by atoms with Gasteiger partial charge in [-0.15, -0.1) is 10.2 Å². The van der Waals surface area contributed by atoms with Crippen LogP contribution in [0.1, 0.15) is 35.7 Å². The number of unbranched alkanes of at least 4 members (excludes halogenated alkanes) is 1. The molecule has 0 bridgehead atoms. The van der Waals surface area contributed by atoms with Crippen LogP contribution < -0.4 is 5.32 Å². The average Bonchev–Trinajstić information content (AvgIpc) is 2.94. The van der Waals surface area contributed by atoms with E-state index in [1.807, 2.05) is 31.2 Å². The number of nitrogens with one attached hydrogen (secondary N) is 1. The molecule has 0 aliphatic rings. The number of Topliss-reactive ketones (excluding diaryl/α,β-unsaturated/α-hetero) is 1. The van der Waals surface area contributed by atoms with E-state index in [1.165, 1.54) is 23.1 Å². The monoisotopic (exact) mass is 321 g/mol. The summed E-state index contributed by atoms with van der Waals surface area (Å²) in [6, 6.07) is 7.66. The molecular weight excluding hydrogens is 302 g/mol. The Kier molecular flexibility index (Phi) is 6.20. The second kappa shape index (κ2) is 8.14. The van der Waals surface area contributed by atoms with Crippen molar-refractivity contribution in [1.29, 1.82) is 0 Å². The van der Waals surface area contributed by atoms with Gasteiger partial charge in [-0.3, -0.25) is 4.79 Å². The number of carbonyl (C=O) groups is 1. The van der Waals surface area contributed by atoms with Crippen LogP contribution in [0.5, 0.6) is 0 Å². The van der Waals surface area contributed by atoms with Gasteiger partial charge in [0.2, 0.25) is 5.13 Å². The smallest absolute Gasteiger partial charge is 0.206 e. The maximum Gasteiger partial charge on any atom is 0.206 e. The van der Waals surface area contributed by atoms with Crippen LogP contribution in [0.15, 0.2) is 28.6 Å². The highest BCUT2D eigenvalue weighted by molar-refractivity contribution is 8.01. The Hall–Kier alpha value is -1.40. The third kappa shape index (κ3) is 5.13. The Morgan fingerprint density at radius 2 is 2.05 bits per heavy atom. The van der Waals surface area contributed by atoms with Gasteiger partial charge in [0.25, 0.3) is 0 Å². The van der Waals surface area contributed by atoms with Crippen molar-refractivity contribution in [3.05, 3.63) is 35.4 Å². The summed E-state index contributed by atoms with van der Waals surface area (Å²) in [4.78, 5) is 12.1. The highest BCUT2D eigenvalue weighted by atomic mass is 32.2. The van der Waals surface area contributed by atoms with Crippen molar-refractivity contribution in [1.82, 2.24) is 10.2 Å². The van der Waals surface area contributed by atoms with Gasteiger partial charge in [0.15, 0.2) is 10.1 Å². The van der Waals surface area contributed by atoms with Gasteiger partial charge in [0.1, 0.15) is 0 Å². The predicted molar refractivity (Wildman–Crippen MR) is 89.5 cm³/mol. The maximum atomic E-state index is 12.1. The quantitative estimate of drug-likeness (QED) is 0.452. The van der Waals surface area contributed by atoms with E-state index in [1.54, 1.807) is 0 Å². The molecule has 0 unspecified atom stereocenters. The first-order valence-corrected chi connectivity index (χ1v) is 8.79. The Bertz CT molecular complexity index is 581. The first-order chi connectivity index (χ1) is 10.2. The molecule has 2 aromatic rings. The molecule has 6 heteroatoms. The third-order valence-corrected chi connectivity index (χ3v) is 4.93. The number of hydrogen-bond donors (Lipinski definition) is 1. The maximum absolute atomic E-state index is 12.1. The van der Waals surface area contributed by atoms with Crippen molar-refractivity contribution in [3.63, 3.8) is 0 Å². The first-order valence-electron chi connectivity index (χ1n) is 6.99. The molecule has 112 valence electrons. The third-order valence-electron chi connectivity index (χ3n) is 2.91. The van der Waals surface area contributed by atoms with Gasteiger partial charge in [0, 0.05) is 12.1 Å². The zero-order valence-corrected chi connectivity index (χ0v) is 13.9. The number of carbonyl (C=O) groups excluding carboxylic acids is 1. The minimum Gasteiger partial charge on any atom is -0.360 e. The minimum absolute atomic E-state index is 0.121. The van der Waals surface area contributed by atoms with Crippen molar-refractivity contribution >= 4 is 34.0 Å². The summed E-state index contributed by atoms with van der Waals surface area (Å²) in [7, 11) is 0. The Morgan fingerprint density at radius 3 is 2.76 bits per heavy atom. The molecule has 0 atom stereocenters. The van der Waals surface area contributed by atoms with E-state index in [9.17, 15) is 4.79 Å². The average molecular weight is 321 g/mol. The summed E-state index contributed by atoms with van der Waals surface area (Å²) in [5, 5.41) is 12.2. The predicted octanol–water partition coefficient (Wildman–Crippen LogP) is 4.03. The second-order valence-electron chi connectivity index (χ2n) is 4.73. The SMILES string of the molecule is CCCCNc1nnc(SCC(=O)c2ccc(C)cc2)s1. The molecular formula is C15H19N3OS2. The second-order valence-corrected chi connectivity index (χ2v) is 6.93. The molecule has 0 spiro atoms. The molecule has 0 radical (unpaired) electrons. The Labute approximate surface area is 133 Å². The fourth-order valence-electron chi connectivity index (χ4n) is 1.66. The largest absolute Gasteiger partial charge is 0.360 e. The molecule has 4 nitrogen and oxygen atoms in total. The lowest BCUT2D eigenvalue weighted by Crippen LogP contribution is -2.01. The summed E-state index contributed by atoms with van der Waals surface area (Å²) in [5.74, 6) is 0.517. The topological polar surface area (TPSA) is 54.9 Å². The van der Waals surface area contributed by atoms with E-state index in [4.69, 9.17) is 0 Å². The number of hydrogen-bond acceptors (Lipinski definition) is 6. The summed E-state index contributed by atoms with van der Waals surface area (Å²) in [6.45, 7) is 5.08. The normalized spacial score (nSPS) is 10.6. The zero-order valence-electron chi connectivity index (χ0n) is 12.3. The number of aryl methyl sites for hydroxylation is 1. The molecule has 1 N–H and O–H groups in total. The van der Waals surface area contributed by atoms with Gasteiger partial charge in [-0.05, 0) is 13.3 Å². The van der Waals surface area contributed by atoms with Gasteiger partial charge in [0.05, 0.1) is 5.75 Å². The van der Waals surface area contributed by atoms with Crippen LogP contribution >= 0.6 is 23.1 Å². The van der Waals surface area contributed by atoms with Crippen molar-refractivity contribution in [2.75, 3.05) is 17.6 Å². The molecule has 0 fully saturated rings. The number of ketones is 1. The standard InChI is InChI=1S/C15H19N3OS2/c1-3-4-9-16-14-17-18-15(21-14)20-10-13(19)12-7-5-11(2)6-8-12/h5-8H,3-4,9-10H2,1-2H3,(H,16,17). The van der Waals surface area contributed by atoms with Gasteiger partial charge in [-0.2, -0.15) is 0 Å². The van der Waals surface area contributed by atoms with Crippen molar-refractivity contribution < 1.29 is 4.79 Å². The van der Waals surface area contributed by atoms with Crippen LogP contribution in [-0.2, 0) is 0 Å². The molecule has 0 aliphatic heterocycles. The number of thioether (sulfide) groups is 1. The number of rotatable bonds is 8. The minimum atomic E-state index is 0.121. The highest BCUT2D eigenvalue weighted by Crippen LogP contribution is 2.26. The van der Waals surface area contributed by atoms with Gasteiger partial charge < -0.3 is 5.32 Å². The fraction of sp³-hybridized carbons (Fsp3) is 0.400. The van der Waals surface area contributed by atoms with Crippen LogP contribution in [0.25, 0.3) is 0 Å². The van der Waals surface area contributed by atoms with Crippen molar-refractivity contribution in [2.24, 2.45) is 0 Å². The number of aromatic nitrogens is 2. The Morgan fingerprint density at radius 1 is 1.29 bits per heavy atom. The number of benzene rings is 1. The van der Waals surface area contributed by atoms with E-state index < -0.39 is 0 Å². The molecule has 21 heavy (non-hydrogen) atoms. The summed E-state index contributed by atoms with van der Waals surface area (Å²) >= 11 is 2.94. The van der Waals surface area contributed by atoms with Crippen molar-refractivity contribution in [2.45, 2.75) is 31.0 Å². The van der Waals surface area contributed by atoms with E-state index in [2.05, 4.69) is 22.4 Å². The van der Waals surface area contributed by atoms with Gasteiger partial charge in [-0.1, -0.05) is 66.3 Å². The Balaban J connectivity index is 1.82. The van der Waals surface area contributed by atoms with Gasteiger partial charge >= 0.3 is 0 Å². The first kappa shape index (κ1) is 16.0.